The highest BCUT2D eigenvalue weighted by Gasteiger charge is 2.18. The Kier molecular flexibility index (Phi) is 3.63. The van der Waals surface area contributed by atoms with Gasteiger partial charge in [-0.25, -0.2) is 4.68 Å². The molecule has 0 unspecified atom stereocenters. The van der Waals surface area contributed by atoms with Crippen molar-refractivity contribution in [1.82, 2.24) is 4.68 Å². The summed E-state index contributed by atoms with van der Waals surface area (Å²) in [5.74, 6) is 0.856. The predicted molar refractivity (Wildman–Crippen MR) is 89.0 cm³/mol. The van der Waals surface area contributed by atoms with Gasteiger partial charge in [-0.1, -0.05) is 12.1 Å². The molecule has 0 bridgehead atoms. The lowest BCUT2D eigenvalue weighted by atomic mass is 10.2. The molecule has 0 aliphatic rings. The number of aryl methyl sites for hydroxylation is 1. The van der Waals surface area contributed by atoms with Crippen molar-refractivity contribution < 1.29 is 4.68 Å². The van der Waals surface area contributed by atoms with Crippen molar-refractivity contribution in [3.63, 3.8) is 0 Å². The van der Waals surface area contributed by atoms with Crippen molar-refractivity contribution in [1.29, 1.82) is 0 Å². The molecule has 0 N–H and O–H groups in total. The highest BCUT2D eigenvalue weighted by Crippen LogP contribution is 2.25. The normalized spacial score (nSPS) is 11.5. The van der Waals surface area contributed by atoms with Gasteiger partial charge in [-0.3, -0.25) is 0 Å². The summed E-state index contributed by atoms with van der Waals surface area (Å²) in [6.45, 7) is 0. The molecule has 0 saturated carbocycles. The summed E-state index contributed by atoms with van der Waals surface area (Å²) >= 11 is 0. The highest BCUT2D eigenvalue weighted by molar-refractivity contribution is 5.86. The molecule has 0 atom stereocenters. The van der Waals surface area contributed by atoms with Crippen molar-refractivity contribution in [3.05, 3.63) is 48.5 Å². The molecule has 0 amide bonds. The topological polar surface area (TPSA) is 36.8 Å². The molecular weight excluding hydrogens is 274 g/mol. The van der Waals surface area contributed by atoms with Gasteiger partial charge in [0.2, 0.25) is 0 Å². The van der Waals surface area contributed by atoms with Crippen molar-refractivity contribution in [2.24, 2.45) is 24.3 Å². The maximum absolute atomic E-state index is 4.45. The van der Waals surface area contributed by atoms with Gasteiger partial charge in [0, 0.05) is 26.8 Å². The van der Waals surface area contributed by atoms with Crippen LogP contribution in [-0.2, 0) is 14.1 Å². The van der Waals surface area contributed by atoms with Crippen LogP contribution in [-0.4, -0.2) is 18.8 Å². The average Bonchev–Trinajstić information content (AvgIpc) is 2.78. The third-order valence-corrected chi connectivity index (χ3v) is 3.88. The third-order valence-electron chi connectivity index (χ3n) is 3.88. The van der Waals surface area contributed by atoms with E-state index in [1.807, 2.05) is 69.3 Å². The second-order valence-electron chi connectivity index (χ2n) is 5.50. The van der Waals surface area contributed by atoms with Crippen LogP contribution >= 0.6 is 0 Å². The van der Waals surface area contributed by atoms with Crippen LogP contribution in [0.1, 0.15) is 0 Å². The third kappa shape index (κ3) is 2.45. The Balaban J connectivity index is 1.97. The summed E-state index contributed by atoms with van der Waals surface area (Å²) in [4.78, 5) is 2.06. The molecule has 1 aromatic heterocycles. The number of benzene rings is 2. The molecule has 112 valence electrons. The van der Waals surface area contributed by atoms with E-state index in [1.165, 1.54) is 0 Å². The summed E-state index contributed by atoms with van der Waals surface area (Å²) in [6.07, 6.45) is 0. The number of para-hydroxylation sites is 1. The van der Waals surface area contributed by atoms with Crippen LogP contribution in [0.5, 0.6) is 0 Å². The lowest BCUT2D eigenvalue weighted by Gasteiger charge is -2.11. The first-order valence-corrected chi connectivity index (χ1v) is 7.21. The van der Waals surface area contributed by atoms with E-state index in [2.05, 4.69) is 31.9 Å². The molecule has 2 aromatic carbocycles. The van der Waals surface area contributed by atoms with Gasteiger partial charge < -0.3 is 4.90 Å². The molecule has 1 heterocycles. The quantitative estimate of drug-likeness (QED) is 0.538. The molecular formula is C17H20N5+. The zero-order valence-electron chi connectivity index (χ0n) is 13.4. The van der Waals surface area contributed by atoms with Gasteiger partial charge in [-0.15, -0.1) is 0 Å². The minimum Gasteiger partial charge on any atom is -0.378 e. The summed E-state index contributed by atoms with van der Waals surface area (Å²) in [5.41, 5.74) is 3.13. The van der Waals surface area contributed by atoms with E-state index >= 15 is 0 Å². The minimum absolute atomic E-state index is 0.846. The van der Waals surface area contributed by atoms with Crippen LogP contribution in [0.4, 0.5) is 17.2 Å². The number of anilines is 1. The van der Waals surface area contributed by atoms with Gasteiger partial charge in [-0.05, 0) is 41.5 Å². The lowest BCUT2D eigenvalue weighted by Crippen LogP contribution is -2.36. The number of nitrogens with zero attached hydrogens (tertiary/aromatic N) is 5. The first-order chi connectivity index (χ1) is 10.6. The molecule has 5 nitrogen and oxygen atoms in total. The first-order valence-electron chi connectivity index (χ1n) is 7.21. The van der Waals surface area contributed by atoms with E-state index in [0.717, 1.165) is 28.1 Å². The average molecular weight is 294 g/mol. The Labute approximate surface area is 130 Å². The zero-order chi connectivity index (χ0) is 15.7. The standard InChI is InChI=1S/C17H20N5/c1-20(2)14-11-9-13(10-12-14)18-19-17-15-7-5-6-8-16(15)21(3)22(17)4/h5-12H,1-4H3/q+1. The maximum Gasteiger partial charge on any atom is 0.378 e. The number of hydrogen-bond donors (Lipinski definition) is 0. The molecule has 5 heteroatoms. The van der Waals surface area contributed by atoms with Gasteiger partial charge in [-0.2, -0.15) is 4.68 Å². The minimum atomic E-state index is 0.846. The Morgan fingerprint density at radius 2 is 1.64 bits per heavy atom. The molecule has 0 fully saturated rings. The highest BCUT2D eigenvalue weighted by atomic mass is 15.4. The van der Waals surface area contributed by atoms with E-state index in [0.29, 0.717) is 0 Å². The van der Waals surface area contributed by atoms with Gasteiger partial charge >= 0.3 is 5.82 Å². The zero-order valence-corrected chi connectivity index (χ0v) is 13.4. The fourth-order valence-corrected chi connectivity index (χ4v) is 2.46. The lowest BCUT2D eigenvalue weighted by molar-refractivity contribution is -0.737. The Morgan fingerprint density at radius 3 is 2.32 bits per heavy atom. The van der Waals surface area contributed by atoms with Crippen LogP contribution < -0.4 is 9.58 Å². The van der Waals surface area contributed by atoms with Gasteiger partial charge in [0.15, 0.2) is 0 Å². The van der Waals surface area contributed by atoms with Gasteiger partial charge in [0.25, 0.3) is 0 Å². The number of rotatable bonds is 3. The Morgan fingerprint density at radius 1 is 0.955 bits per heavy atom. The summed E-state index contributed by atoms with van der Waals surface area (Å²) < 4.78 is 4.07. The molecule has 0 spiro atoms. The number of hydrogen-bond acceptors (Lipinski definition) is 3. The number of azo groups is 1. The van der Waals surface area contributed by atoms with Crippen LogP contribution in [0.3, 0.4) is 0 Å². The van der Waals surface area contributed by atoms with Crippen LogP contribution in [0.25, 0.3) is 10.9 Å². The summed E-state index contributed by atoms with van der Waals surface area (Å²) in [6, 6.07) is 16.2. The maximum atomic E-state index is 4.45. The Hall–Kier alpha value is -2.69. The largest absolute Gasteiger partial charge is 0.378 e. The monoisotopic (exact) mass is 294 g/mol. The smallest absolute Gasteiger partial charge is 0.378 e. The molecule has 0 radical (unpaired) electrons. The van der Waals surface area contributed by atoms with Gasteiger partial charge in [0.1, 0.15) is 12.7 Å². The van der Waals surface area contributed by atoms with Crippen molar-refractivity contribution >= 4 is 28.1 Å². The first kappa shape index (κ1) is 14.3. The van der Waals surface area contributed by atoms with E-state index in [4.69, 9.17) is 0 Å². The van der Waals surface area contributed by atoms with Crippen LogP contribution in [0, 0.1) is 0 Å². The van der Waals surface area contributed by atoms with Crippen molar-refractivity contribution in [3.8, 4) is 0 Å². The predicted octanol–water partition coefficient (Wildman–Crippen LogP) is 3.48. The number of aromatic nitrogens is 2. The molecule has 3 rings (SSSR count). The van der Waals surface area contributed by atoms with Crippen molar-refractivity contribution in [2.75, 3.05) is 19.0 Å². The van der Waals surface area contributed by atoms with E-state index in [-0.39, 0.29) is 0 Å². The summed E-state index contributed by atoms with van der Waals surface area (Å²) in [5, 5.41) is 9.92. The summed E-state index contributed by atoms with van der Waals surface area (Å²) in [7, 11) is 8.05. The second-order valence-corrected chi connectivity index (χ2v) is 5.50. The second kappa shape index (κ2) is 5.60. The molecule has 0 saturated heterocycles. The van der Waals surface area contributed by atoms with E-state index < -0.39 is 0 Å². The van der Waals surface area contributed by atoms with E-state index in [9.17, 15) is 0 Å². The van der Waals surface area contributed by atoms with Crippen LogP contribution in [0.2, 0.25) is 0 Å². The molecule has 0 aliphatic carbocycles. The van der Waals surface area contributed by atoms with E-state index in [1.54, 1.807) is 0 Å². The molecule has 0 aliphatic heterocycles. The van der Waals surface area contributed by atoms with Crippen molar-refractivity contribution in [2.45, 2.75) is 0 Å². The molecule has 22 heavy (non-hydrogen) atoms. The van der Waals surface area contributed by atoms with Gasteiger partial charge in [0.05, 0.1) is 16.0 Å². The SMILES string of the molecule is CN(C)c1ccc(N=Nc2c3ccccc3n(C)[n+]2C)cc1. The van der Waals surface area contributed by atoms with Crippen LogP contribution in [0.15, 0.2) is 58.8 Å². The Bertz CT molecular complexity index is 828. The fourth-order valence-electron chi connectivity index (χ4n) is 2.46. The number of fused-ring (bicyclic) bond motifs is 1. The molecule has 3 aromatic rings. The fraction of sp³-hybridized carbons (Fsp3) is 0.235.